The number of hydrogen-bond donors (Lipinski definition) is 1. The number of carbonyl (C=O) groups excluding carboxylic acids is 1. The highest BCUT2D eigenvalue weighted by atomic mass is 16.2. The Morgan fingerprint density at radius 1 is 1.05 bits per heavy atom. The lowest BCUT2D eigenvalue weighted by Crippen LogP contribution is -2.29. The third-order valence-electron chi connectivity index (χ3n) is 3.53. The summed E-state index contributed by atoms with van der Waals surface area (Å²) in [5.74, 6) is -0.0221. The molecular weight excluding hydrogens is 260 g/mol. The van der Waals surface area contributed by atoms with Crippen molar-refractivity contribution in [1.29, 1.82) is 0 Å². The van der Waals surface area contributed by atoms with Crippen LogP contribution in [0, 0.1) is 0 Å². The third kappa shape index (κ3) is 3.24. The van der Waals surface area contributed by atoms with Crippen LogP contribution in [0.15, 0.2) is 48.5 Å². The second-order valence-electron chi connectivity index (χ2n) is 6.25. The van der Waals surface area contributed by atoms with E-state index in [4.69, 9.17) is 5.73 Å². The molecule has 3 heteroatoms. The Labute approximate surface area is 126 Å². The Bertz CT molecular complexity index is 656. The molecule has 110 valence electrons. The van der Waals surface area contributed by atoms with E-state index < -0.39 is 0 Å². The lowest BCUT2D eigenvalue weighted by atomic mass is 9.83. The van der Waals surface area contributed by atoms with Crippen molar-refractivity contribution in [3.63, 3.8) is 0 Å². The number of anilines is 2. The Kier molecular flexibility index (Phi) is 4.03. The fourth-order valence-electron chi connectivity index (χ4n) is 2.35. The first-order valence-corrected chi connectivity index (χ1v) is 7.04. The van der Waals surface area contributed by atoms with Gasteiger partial charge in [-0.15, -0.1) is 0 Å². The van der Waals surface area contributed by atoms with E-state index in [0.29, 0.717) is 5.69 Å². The molecular formula is C18H22N2O. The number of nitrogens with two attached hydrogens (primary N) is 1. The minimum absolute atomic E-state index is 0.0221. The molecule has 0 heterocycles. The molecule has 0 atom stereocenters. The van der Waals surface area contributed by atoms with Crippen LogP contribution in [0.1, 0.15) is 36.7 Å². The van der Waals surface area contributed by atoms with Gasteiger partial charge in [-0.2, -0.15) is 0 Å². The quantitative estimate of drug-likeness (QED) is 0.851. The number of nitrogens with zero attached hydrogens (tertiary/aromatic N) is 1. The molecule has 2 aromatic rings. The van der Waals surface area contributed by atoms with E-state index >= 15 is 0 Å². The van der Waals surface area contributed by atoms with Crippen molar-refractivity contribution in [3.8, 4) is 0 Å². The number of rotatable bonds is 2. The zero-order valence-corrected chi connectivity index (χ0v) is 13.1. The van der Waals surface area contributed by atoms with E-state index in [1.807, 2.05) is 42.5 Å². The van der Waals surface area contributed by atoms with E-state index in [1.165, 1.54) is 0 Å². The largest absolute Gasteiger partial charge is 0.399 e. The summed E-state index contributed by atoms with van der Waals surface area (Å²) in [6.07, 6.45) is 0. The maximum atomic E-state index is 12.8. The lowest BCUT2D eigenvalue weighted by Gasteiger charge is -2.25. The van der Waals surface area contributed by atoms with Crippen molar-refractivity contribution in [2.45, 2.75) is 26.2 Å². The normalized spacial score (nSPS) is 11.2. The van der Waals surface area contributed by atoms with Gasteiger partial charge in [0.25, 0.3) is 5.91 Å². The van der Waals surface area contributed by atoms with Gasteiger partial charge in [-0.3, -0.25) is 4.79 Å². The van der Waals surface area contributed by atoms with Crippen molar-refractivity contribution in [1.82, 2.24) is 0 Å². The standard InChI is InChI=1S/C18H22N2O/c1-18(2,3)16-11-6-5-10-15(16)17(21)20(4)14-9-7-8-13(19)12-14/h5-12H,19H2,1-4H3. The van der Waals surface area contributed by atoms with Gasteiger partial charge in [0.05, 0.1) is 0 Å². The van der Waals surface area contributed by atoms with E-state index in [0.717, 1.165) is 16.8 Å². The molecule has 2 N–H and O–H groups in total. The van der Waals surface area contributed by atoms with Gasteiger partial charge in [0.15, 0.2) is 0 Å². The zero-order chi connectivity index (χ0) is 15.6. The average molecular weight is 282 g/mol. The summed E-state index contributed by atoms with van der Waals surface area (Å²) in [5.41, 5.74) is 8.94. The maximum Gasteiger partial charge on any atom is 0.258 e. The zero-order valence-electron chi connectivity index (χ0n) is 13.1. The molecule has 1 amide bonds. The average Bonchev–Trinajstić information content (AvgIpc) is 2.45. The van der Waals surface area contributed by atoms with Crippen molar-refractivity contribution < 1.29 is 4.79 Å². The molecule has 0 aromatic heterocycles. The Balaban J connectivity index is 2.41. The minimum atomic E-state index is -0.0805. The first kappa shape index (κ1) is 15.1. The van der Waals surface area contributed by atoms with E-state index in [1.54, 1.807) is 18.0 Å². The van der Waals surface area contributed by atoms with Gasteiger partial charge >= 0.3 is 0 Å². The van der Waals surface area contributed by atoms with Crippen LogP contribution in [0.25, 0.3) is 0 Å². The number of amides is 1. The Morgan fingerprint density at radius 2 is 1.71 bits per heavy atom. The molecule has 0 radical (unpaired) electrons. The summed E-state index contributed by atoms with van der Waals surface area (Å²) < 4.78 is 0. The van der Waals surface area contributed by atoms with Gasteiger partial charge in [-0.1, -0.05) is 45.0 Å². The monoisotopic (exact) mass is 282 g/mol. The fourth-order valence-corrected chi connectivity index (χ4v) is 2.35. The summed E-state index contributed by atoms with van der Waals surface area (Å²) in [5, 5.41) is 0. The van der Waals surface area contributed by atoms with Crippen molar-refractivity contribution in [3.05, 3.63) is 59.7 Å². The van der Waals surface area contributed by atoms with E-state index in [2.05, 4.69) is 20.8 Å². The predicted molar refractivity (Wildman–Crippen MR) is 88.7 cm³/mol. The van der Waals surface area contributed by atoms with Crippen LogP contribution in [0.5, 0.6) is 0 Å². The molecule has 0 saturated heterocycles. The topological polar surface area (TPSA) is 46.3 Å². The van der Waals surface area contributed by atoms with Crippen LogP contribution in [0.3, 0.4) is 0 Å². The third-order valence-corrected chi connectivity index (χ3v) is 3.53. The minimum Gasteiger partial charge on any atom is -0.399 e. The number of hydrogen-bond acceptors (Lipinski definition) is 2. The van der Waals surface area contributed by atoms with Gasteiger partial charge in [-0.05, 0) is 35.2 Å². The SMILES string of the molecule is CN(C(=O)c1ccccc1C(C)(C)C)c1cccc(N)c1. The highest BCUT2D eigenvalue weighted by molar-refractivity contribution is 6.07. The van der Waals surface area contributed by atoms with E-state index in [-0.39, 0.29) is 11.3 Å². The van der Waals surface area contributed by atoms with E-state index in [9.17, 15) is 4.79 Å². The van der Waals surface area contributed by atoms with Gasteiger partial charge < -0.3 is 10.6 Å². The van der Waals surface area contributed by atoms with Crippen LogP contribution >= 0.6 is 0 Å². The molecule has 2 aromatic carbocycles. The van der Waals surface area contributed by atoms with Crippen molar-refractivity contribution in [2.24, 2.45) is 0 Å². The lowest BCUT2D eigenvalue weighted by molar-refractivity contribution is 0.0991. The van der Waals surface area contributed by atoms with Gasteiger partial charge in [-0.25, -0.2) is 0 Å². The molecule has 0 saturated carbocycles. The molecule has 0 bridgehead atoms. The summed E-state index contributed by atoms with van der Waals surface area (Å²) in [6, 6.07) is 15.1. The number of carbonyl (C=O) groups is 1. The maximum absolute atomic E-state index is 12.8. The molecule has 0 spiro atoms. The molecule has 21 heavy (non-hydrogen) atoms. The van der Waals surface area contributed by atoms with Crippen LogP contribution in [-0.2, 0) is 5.41 Å². The first-order chi connectivity index (χ1) is 9.80. The van der Waals surface area contributed by atoms with Gasteiger partial charge in [0, 0.05) is 24.0 Å². The number of nitrogen functional groups attached to an aromatic ring is 1. The summed E-state index contributed by atoms with van der Waals surface area (Å²) in [6.45, 7) is 6.33. The predicted octanol–water partition coefficient (Wildman–Crippen LogP) is 3.84. The van der Waals surface area contributed by atoms with Crippen LogP contribution in [0.2, 0.25) is 0 Å². The number of benzene rings is 2. The second kappa shape index (κ2) is 5.60. The summed E-state index contributed by atoms with van der Waals surface area (Å²) in [7, 11) is 1.77. The molecule has 0 unspecified atom stereocenters. The second-order valence-corrected chi connectivity index (χ2v) is 6.25. The van der Waals surface area contributed by atoms with Crippen LogP contribution in [0.4, 0.5) is 11.4 Å². The summed E-state index contributed by atoms with van der Waals surface area (Å²) in [4.78, 5) is 14.4. The summed E-state index contributed by atoms with van der Waals surface area (Å²) >= 11 is 0. The van der Waals surface area contributed by atoms with Gasteiger partial charge in [0.2, 0.25) is 0 Å². The highest BCUT2D eigenvalue weighted by Gasteiger charge is 2.23. The Hall–Kier alpha value is -2.29. The molecule has 0 fully saturated rings. The molecule has 0 aliphatic rings. The Morgan fingerprint density at radius 3 is 2.33 bits per heavy atom. The van der Waals surface area contributed by atoms with Crippen molar-refractivity contribution >= 4 is 17.3 Å². The fraction of sp³-hybridized carbons (Fsp3) is 0.278. The highest BCUT2D eigenvalue weighted by Crippen LogP contribution is 2.27. The van der Waals surface area contributed by atoms with Crippen LogP contribution < -0.4 is 10.6 Å². The first-order valence-electron chi connectivity index (χ1n) is 7.04. The van der Waals surface area contributed by atoms with Crippen molar-refractivity contribution in [2.75, 3.05) is 17.7 Å². The smallest absolute Gasteiger partial charge is 0.258 e. The van der Waals surface area contributed by atoms with Gasteiger partial charge in [0.1, 0.15) is 0 Å². The molecule has 0 aliphatic heterocycles. The molecule has 2 rings (SSSR count). The van der Waals surface area contributed by atoms with Crippen LogP contribution in [-0.4, -0.2) is 13.0 Å². The molecule has 0 aliphatic carbocycles. The molecule has 3 nitrogen and oxygen atoms in total.